The first kappa shape index (κ1) is 18.5. The van der Waals surface area contributed by atoms with Crippen LogP contribution in [0, 0.1) is 5.92 Å². The topological polar surface area (TPSA) is 69.0 Å². The number of carbonyl (C=O) groups excluding carboxylic acids is 1. The van der Waals surface area contributed by atoms with Crippen molar-refractivity contribution in [3.63, 3.8) is 0 Å². The van der Waals surface area contributed by atoms with Gasteiger partial charge in [-0.2, -0.15) is 18.2 Å². The third kappa shape index (κ3) is 3.14. The molecule has 9 heteroatoms. The number of ketones is 1. The van der Waals surface area contributed by atoms with Crippen LogP contribution in [0.4, 0.5) is 19.1 Å². The van der Waals surface area contributed by atoms with Gasteiger partial charge in [0.15, 0.2) is 5.78 Å². The Morgan fingerprint density at radius 3 is 2.61 bits per heavy atom. The van der Waals surface area contributed by atoms with Crippen LogP contribution in [0.25, 0.3) is 0 Å². The number of hydrogen-bond acceptors (Lipinski definition) is 5. The minimum Gasteiger partial charge on any atom is -0.494 e. The number of anilines is 1. The number of carbonyl (C=O) groups is 1. The second-order valence-corrected chi connectivity index (χ2v) is 7.06. The number of nitrogens with zero attached hydrogens (tertiary/aromatic N) is 3. The van der Waals surface area contributed by atoms with Crippen LogP contribution >= 0.6 is 0 Å². The lowest BCUT2D eigenvalue weighted by molar-refractivity contribution is -0.145. The zero-order chi connectivity index (χ0) is 20.1. The molecule has 0 amide bonds. The van der Waals surface area contributed by atoms with Crippen molar-refractivity contribution >= 4 is 11.7 Å². The van der Waals surface area contributed by atoms with E-state index in [9.17, 15) is 18.0 Å². The maximum Gasteiger partial charge on any atom is 0.453 e. The van der Waals surface area contributed by atoms with Crippen molar-refractivity contribution in [1.29, 1.82) is 0 Å². The molecule has 2 aromatic rings. The number of aromatic nitrogens is 3. The lowest BCUT2D eigenvalue weighted by Gasteiger charge is -2.34. The van der Waals surface area contributed by atoms with E-state index in [1.807, 2.05) is 13.8 Å². The second kappa shape index (κ2) is 6.65. The fraction of sp³-hybridized carbons (Fsp3) is 0.421. The Hall–Kier alpha value is -2.84. The van der Waals surface area contributed by atoms with Crippen LogP contribution in [-0.4, -0.2) is 27.2 Å². The lowest BCUT2D eigenvalue weighted by atomic mass is 9.81. The molecule has 148 valence electrons. The average molecular weight is 392 g/mol. The highest BCUT2D eigenvalue weighted by Crippen LogP contribution is 2.42. The molecule has 6 nitrogen and oxygen atoms in total. The van der Waals surface area contributed by atoms with Crippen LogP contribution in [0.2, 0.25) is 0 Å². The van der Waals surface area contributed by atoms with E-state index in [0.29, 0.717) is 42.0 Å². The number of benzene rings is 1. The molecule has 1 aliphatic carbocycles. The summed E-state index contributed by atoms with van der Waals surface area (Å²) in [6.45, 7) is 4.30. The number of ether oxygens (including phenoxy) is 1. The van der Waals surface area contributed by atoms with Gasteiger partial charge in [0.2, 0.25) is 5.95 Å². The molecule has 0 spiro atoms. The molecule has 2 atom stereocenters. The summed E-state index contributed by atoms with van der Waals surface area (Å²) in [6.07, 6.45) is -3.75. The first-order chi connectivity index (χ1) is 13.3. The number of halogens is 3. The maximum absolute atomic E-state index is 13.2. The van der Waals surface area contributed by atoms with Gasteiger partial charge in [-0.1, -0.05) is 19.1 Å². The molecule has 1 aromatic carbocycles. The molecule has 1 N–H and O–H groups in total. The molecule has 0 radical (unpaired) electrons. The number of allylic oxidation sites excluding steroid dienone is 2. The number of nitrogens with one attached hydrogen (secondary N) is 1. The summed E-state index contributed by atoms with van der Waals surface area (Å²) in [4.78, 5) is 16.4. The van der Waals surface area contributed by atoms with Crippen LogP contribution in [0.5, 0.6) is 5.75 Å². The monoisotopic (exact) mass is 392 g/mol. The molecule has 0 unspecified atom stereocenters. The van der Waals surface area contributed by atoms with E-state index in [0.717, 1.165) is 4.68 Å². The summed E-state index contributed by atoms with van der Waals surface area (Å²) >= 11 is 0. The summed E-state index contributed by atoms with van der Waals surface area (Å²) in [5, 5.41) is 6.59. The summed E-state index contributed by atoms with van der Waals surface area (Å²) in [6, 6.07) is 6.20. The van der Waals surface area contributed by atoms with Crippen LogP contribution in [0.1, 0.15) is 44.1 Å². The Morgan fingerprint density at radius 2 is 1.96 bits per heavy atom. The van der Waals surface area contributed by atoms with E-state index in [-0.39, 0.29) is 17.6 Å². The highest BCUT2D eigenvalue weighted by Gasteiger charge is 2.42. The third-order valence-corrected chi connectivity index (χ3v) is 4.88. The fourth-order valence-electron chi connectivity index (χ4n) is 3.75. The van der Waals surface area contributed by atoms with Gasteiger partial charge in [0.1, 0.15) is 11.8 Å². The van der Waals surface area contributed by atoms with Crippen LogP contribution in [0.3, 0.4) is 0 Å². The summed E-state index contributed by atoms with van der Waals surface area (Å²) < 4.78 is 46.2. The van der Waals surface area contributed by atoms with E-state index >= 15 is 0 Å². The first-order valence-electron chi connectivity index (χ1n) is 9.07. The van der Waals surface area contributed by atoms with E-state index < -0.39 is 18.0 Å². The van der Waals surface area contributed by atoms with Gasteiger partial charge in [0.05, 0.1) is 6.61 Å². The van der Waals surface area contributed by atoms with Crippen molar-refractivity contribution in [2.45, 2.75) is 38.9 Å². The van der Waals surface area contributed by atoms with E-state index in [4.69, 9.17) is 4.74 Å². The van der Waals surface area contributed by atoms with E-state index in [1.54, 1.807) is 24.3 Å². The Kier molecular flexibility index (Phi) is 4.40. The van der Waals surface area contributed by atoms with Crippen LogP contribution < -0.4 is 10.1 Å². The van der Waals surface area contributed by atoms with Crippen molar-refractivity contribution in [2.75, 3.05) is 11.9 Å². The Morgan fingerprint density at radius 1 is 1.25 bits per heavy atom. The van der Waals surface area contributed by atoms with Crippen molar-refractivity contribution in [1.82, 2.24) is 14.8 Å². The molecule has 1 aromatic heterocycles. The minimum atomic E-state index is -4.67. The molecule has 0 fully saturated rings. The second-order valence-electron chi connectivity index (χ2n) is 7.06. The Labute approximate surface area is 159 Å². The molecular weight excluding hydrogens is 373 g/mol. The van der Waals surface area contributed by atoms with Gasteiger partial charge in [0.25, 0.3) is 5.82 Å². The van der Waals surface area contributed by atoms with Gasteiger partial charge >= 0.3 is 6.18 Å². The zero-order valence-corrected chi connectivity index (χ0v) is 15.4. The zero-order valence-electron chi connectivity index (χ0n) is 15.4. The maximum atomic E-state index is 13.2. The molecule has 2 aliphatic rings. The van der Waals surface area contributed by atoms with Gasteiger partial charge in [-0.05, 0) is 37.0 Å². The molecule has 0 saturated heterocycles. The smallest absolute Gasteiger partial charge is 0.453 e. The summed E-state index contributed by atoms with van der Waals surface area (Å²) in [7, 11) is 0. The standard InChI is InChI=1S/C19H19F3N4O2/c1-3-28-12-6-4-11(5-7-12)16-15-13(8-10(2)9-14(15)27)23-18-24-17(19(20,21)22)25-26(16)18/h4-7,10,16H,3,8-9H2,1-2H3,(H,23,24,25)/t10-,16-/m1/s1. The summed E-state index contributed by atoms with van der Waals surface area (Å²) in [5.74, 6) is -0.572. The summed E-state index contributed by atoms with van der Waals surface area (Å²) in [5.41, 5.74) is 1.73. The van der Waals surface area contributed by atoms with Crippen molar-refractivity contribution in [2.24, 2.45) is 5.92 Å². The highest BCUT2D eigenvalue weighted by molar-refractivity contribution is 5.99. The van der Waals surface area contributed by atoms with Crippen LogP contribution in [0.15, 0.2) is 35.5 Å². The van der Waals surface area contributed by atoms with Gasteiger partial charge < -0.3 is 10.1 Å². The quantitative estimate of drug-likeness (QED) is 0.856. The van der Waals surface area contributed by atoms with Crippen molar-refractivity contribution in [3.8, 4) is 5.75 Å². The number of Topliss-reactive ketones (excluding diaryl/α,β-unsaturated/α-hetero) is 1. The molecular formula is C19H19F3N4O2. The third-order valence-electron chi connectivity index (χ3n) is 4.88. The first-order valence-corrected chi connectivity index (χ1v) is 9.07. The number of alkyl halides is 3. The molecule has 4 rings (SSSR count). The molecule has 1 aliphatic heterocycles. The Balaban J connectivity index is 1.84. The van der Waals surface area contributed by atoms with Crippen LogP contribution in [-0.2, 0) is 11.0 Å². The lowest BCUT2D eigenvalue weighted by Crippen LogP contribution is -2.33. The molecule has 0 saturated carbocycles. The highest BCUT2D eigenvalue weighted by atomic mass is 19.4. The molecule has 28 heavy (non-hydrogen) atoms. The number of fused-ring (bicyclic) bond motifs is 1. The van der Waals surface area contributed by atoms with E-state index in [2.05, 4.69) is 15.4 Å². The normalized spacial score (nSPS) is 21.8. The van der Waals surface area contributed by atoms with Crippen molar-refractivity contribution in [3.05, 3.63) is 46.9 Å². The largest absolute Gasteiger partial charge is 0.494 e. The minimum absolute atomic E-state index is 0.00754. The van der Waals surface area contributed by atoms with Gasteiger partial charge in [0, 0.05) is 17.7 Å². The average Bonchev–Trinajstić information content (AvgIpc) is 3.05. The van der Waals surface area contributed by atoms with Gasteiger partial charge in [-0.15, -0.1) is 5.10 Å². The molecule has 0 bridgehead atoms. The predicted molar refractivity (Wildman–Crippen MR) is 94.8 cm³/mol. The predicted octanol–water partition coefficient (Wildman–Crippen LogP) is 3.96. The van der Waals surface area contributed by atoms with Gasteiger partial charge in [-0.3, -0.25) is 4.79 Å². The number of rotatable bonds is 3. The van der Waals surface area contributed by atoms with Crippen molar-refractivity contribution < 1.29 is 22.7 Å². The Bertz CT molecular complexity index is 947. The molecule has 2 heterocycles. The van der Waals surface area contributed by atoms with Gasteiger partial charge in [-0.25, -0.2) is 4.68 Å². The number of hydrogen-bond donors (Lipinski definition) is 1. The fourth-order valence-corrected chi connectivity index (χ4v) is 3.75. The van der Waals surface area contributed by atoms with E-state index in [1.165, 1.54) is 0 Å². The SMILES string of the molecule is CCOc1ccc([C@@H]2C3=C(C[C@@H](C)CC3=O)Nc3nc(C(F)(F)F)nn32)cc1.